The van der Waals surface area contributed by atoms with Crippen molar-refractivity contribution in [1.29, 1.82) is 0 Å². The Labute approximate surface area is 181 Å². The van der Waals surface area contributed by atoms with Gasteiger partial charge in [0.15, 0.2) is 0 Å². The third-order valence-electron chi connectivity index (χ3n) is 4.63. The molecule has 1 N–H and O–H groups in total. The summed E-state index contributed by atoms with van der Waals surface area (Å²) in [7, 11) is -3.77. The van der Waals surface area contributed by atoms with E-state index in [1.54, 1.807) is 12.1 Å². The fourth-order valence-electron chi connectivity index (χ4n) is 3.22. The number of sulfonamides is 1. The maximum Gasteiger partial charge on any atom is 0.286 e. The van der Waals surface area contributed by atoms with Crippen molar-refractivity contribution in [1.82, 2.24) is 14.5 Å². The first-order valence-electron chi connectivity index (χ1n) is 9.02. The normalized spacial score (nSPS) is 17.2. The van der Waals surface area contributed by atoms with Crippen LogP contribution in [0.3, 0.4) is 0 Å². The number of carbonyl (C=O) groups is 1. The average Bonchev–Trinajstić information content (AvgIpc) is 3.39. The second-order valence-corrected chi connectivity index (χ2v) is 9.97. The van der Waals surface area contributed by atoms with Gasteiger partial charge in [0, 0.05) is 17.3 Å². The zero-order valence-electron chi connectivity index (χ0n) is 15.5. The minimum absolute atomic E-state index is 0.0985. The lowest BCUT2D eigenvalue weighted by Gasteiger charge is -2.22. The smallest absolute Gasteiger partial charge is 0.286 e. The highest BCUT2D eigenvalue weighted by molar-refractivity contribution is 7.89. The van der Waals surface area contributed by atoms with Crippen LogP contribution in [0.25, 0.3) is 0 Å². The molecule has 1 fully saturated rings. The van der Waals surface area contributed by atoms with Crippen LogP contribution in [0.4, 0.5) is 10.1 Å². The molecular weight excluding hydrogens is 451 g/mol. The first-order chi connectivity index (χ1) is 14.3. The monoisotopic (exact) mass is 466 g/mol. The van der Waals surface area contributed by atoms with Crippen LogP contribution in [-0.2, 0) is 10.0 Å². The molecule has 1 aliphatic rings. The highest BCUT2D eigenvalue weighted by atomic mass is 35.5. The number of anilines is 1. The van der Waals surface area contributed by atoms with E-state index in [0.717, 1.165) is 11.3 Å². The van der Waals surface area contributed by atoms with Crippen LogP contribution in [-0.4, -0.2) is 35.4 Å². The van der Waals surface area contributed by atoms with Gasteiger partial charge in [-0.05, 0) is 55.3 Å². The van der Waals surface area contributed by atoms with E-state index in [0.29, 0.717) is 35.1 Å². The van der Waals surface area contributed by atoms with Gasteiger partial charge in [0.2, 0.25) is 15.0 Å². The first-order valence-corrected chi connectivity index (χ1v) is 11.7. The fourth-order valence-corrected chi connectivity index (χ4v) is 6.13. The van der Waals surface area contributed by atoms with Crippen molar-refractivity contribution in [2.75, 3.05) is 11.9 Å². The number of nitrogens with one attached hydrogen (secondary N) is 1. The van der Waals surface area contributed by atoms with Crippen LogP contribution < -0.4 is 5.32 Å². The number of amides is 1. The van der Waals surface area contributed by atoms with Crippen LogP contribution >= 0.6 is 22.9 Å². The van der Waals surface area contributed by atoms with E-state index in [1.807, 2.05) is 0 Å². The van der Waals surface area contributed by atoms with Crippen molar-refractivity contribution >= 4 is 44.6 Å². The van der Waals surface area contributed by atoms with E-state index in [2.05, 4.69) is 15.5 Å². The van der Waals surface area contributed by atoms with E-state index in [4.69, 9.17) is 11.6 Å². The number of carbonyl (C=O) groups excluding carboxylic acids is 1. The summed E-state index contributed by atoms with van der Waals surface area (Å²) in [6.45, 7) is 0.343. The highest BCUT2D eigenvalue weighted by Crippen LogP contribution is 2.38. The van der Waals surface area contributed by atoms with Gasteiger partial charge in [-0.3, -0.25) is 4.79 Å². The Kier molecular flexibility index (Phi) is 5.83. The zero-order chi connectivity index (χ0) is 21.3. The van der Waals surface area contributed by atoms with Crippen LogP contribution in [0.5, 0.6) is 0 Å². The topological polar surface area (TPSA) is 92.3 Å². The van der Waals surface area contributed by atoms with Crippen LogP contribution in [0.1, 0.15) is 33.7 Å². The predicted octanol–water partition coefficient (Wildman–Crippen LogP) is 4.11. The van der Waals surface area contributed by atoms with E-state index in [1.165, 1.54) is 40.7 Å². The summed E-state index contributed by atoms with van der Waals surface area (Å²) in [4.78, 5) is 12.5. The quantitative estimate of drug-likeness (QED) is 0.611. The minimum atomic E-state index is -3.77. The third kappa shape index (κ3) is 4.22. The molecule has 0 unspecified atom stereocenters. The van der Waals surface area contributed by atoms with Crippen LogP contribution in [0.15, 0.2) is 53.4 Å². The lowest BCUT2D eigenvalue weighted by molar-refractivity contribution is 0.102. The first kappa shape index (κ1) is 20.9. The molecule has 2 aromatic carbocycles. The summed E-state index contributed by atoms with van der Waals surface area (Å²) in [5.74, 6) is -0.902. The van der Waals surface area contributed by atoms with Gasteiger partial charge in [-0.1, -0.05) is 29.0 Å². The molecule has 1 aliphatic heterocycles. The summed E-state index contributed by atoms with van der Waals surface area (Å²) in [6.07, 6.45) is 1.25. The van der Waals surface area contributed by atoms with Gasteiger partial charge >= 0.3 is 0 Å². The number of nitrogens with zero attached hydrogens (tertiary/aromatic N) is 3. The second kappa shape index (κ2) is 8.38. The van der Waals surface area contributed by atoms with E-state index in [9.17, 15) is 17.6 Å². The Morgan fingerprint density at radius 2 is 1.97 bits per heavy atom. The number of rotatable bonds is 5. The Bertz CT molecular complexity index is 1180. The highest BCUT2D eigenvalue weighted by Gasteiger charge is 2.38. The molecule has 0 radical (unpaired) electrons. The third-order valence-corrected chi connectivity index (χ3v) is 7.79. The fraction of sp³-hybridized carbons (Fsp3) is 0.211. The van der Waals surface area contributed by atoms with Crippen LogP contribution in [0.2, 0.25) is 5.02 Å². The zero-order valence-corrected chi connectivity index (χ0v) is 17.8. The maximum absolute atomic E-state index is 13.1. The van der Waals surface area contributed by atoms with Crippen LogP contribution in [0, 0.1) is 5.82 Å². The molecule has 30 heavy (non-hydrogen) atoms. The Morgan fingerprint density at radius 3 is 2.70 bits per heavy atom. The molecule has 4 rings (SSSR count). The van der Waals surface area contributed by atoms with Gasteiger partial charge in [0.1, 0.15) is 10.8 Å². The second-order valence-electron chi connectivity index (χ2n) is 6.64. The summed E-state index contributed by atoms with van der Waals surface area (Å²) in [5.41, 5.74) is 0.421. The number of benzene rings is 2. The van der Waals surface area contributed by atoms with E-state index < -0.39 is 27.8 Å². The van der Waals surface area contributed by atoms with Crippen molar-refractivity contribution in [2.24, 2.45) is 0 Å². The van der Waals surface area contributed by atoms with Crippen molar-refractivity contribution in [3.8, 4) is 0 Å². The molecule has 7 nitrogen and oxygen atoms in total. The predicted molar refractivity (Wildman–Crippen MR) is 112 cm³/mol. The van der Waals surface area contributed by atoms with Crippen molar-refractivity contribution in [2.45, 2.75) is 23.8 Å². The molecule has 3 aromatic rings. The molecule has 156 valence electrons. The summed E-state index contributed by atoms with van der Waals surface area (Å²) >= 11 is 6.99. The SMILES string of the molecule is O=C(Nc1ccc(F)cc1)c1nnc([C@H]2CCCN2S(=O)(=O)c2cccc(Cl)c2)s1. The van der Waals surface area contributed by atoms with Gasteiger partial charge in [0.05, 0.1) is 10.9 Å². The van der Waals surface area contributed by atoms with Gasteiger partial charge in [0.25, 0.3) is 5.91 Å². The molecule has 1 atom stereocenters. The minimum Gasteiger partial charge on any atom is -0.320 e. The lowest BCUT2D eigenvalue weighted by atomic mass is 10.2. The van der Waals surface area contributed by atoms with Gasteiger partial charge in [-0.2, -0.15) is 4.31 Å². The number of hydrogen-bond acceptors (Lipinski definition) is 6. The maximum atomic E-state index is 13.1. The molecular formula is C19H16ClFN4O3S2. The Morgan fingerprint density at radius 1 is 1.20 bits per heavy atom. The van der Waals surface area contributed by atoms with E-state index in [-0.39, 0.29) is 9.90 Å². The largest absolute Gasteiger partial charge is 0.320 e. The molecule has 0 bridgehead atoms. The lowest BCUT2D eigenvalue weighted by Crippen LogP contribution is -2.30. The molecule has 2 heterocycles. The summed E-state index contributed by atoms with van der Waals surface area (Å²) in [6, 6.07) is 10.9. The molecule has 11 heteroatoms. The molecule has 1 saturated heterocycles. The number of aromatic nitrogens is 2. The number of hydrogen-bond donors (Lipinski definition) is 1. The van der Waals surface area contributed by atoms with Crippen molar-refractivity contribution in [3.05, 3.63) is 69.4 Å². The molecule has 1 amide bonds. The van der Waals surface area contributed by atoms with E-state index >= 15 is 0 Å². The summed E-state index contributed by atoms with van der Waals surface area (Å²) in [5, 5.41) is 11.5. The van der Waals surface area contributed by atoms with Gasteiger partial charge < -0.3 is 5.32 Å². The van der Waals surface area contributed by atoms with Gasteiger partial charge in [-0.15, -0.1) is 10.2 Å². The van der Waals surface area contributed by atoms with Gasteiger partial charge in [-0.25, -0.2) is 12.8 Å². The Balaban J connectivity index is 1.55. The molecule has 0 saturated carbocycles. The van der Waals surface area contributed by atoms with Crippen molar-refractivity contribution < 1.29 is 17.6 Å². The molecule has 1 aromatic heterocycles. The average molecular weight is 467 g/mol. The summed E-state index contributed by atoms with van der Waals surface area (Å²) < 4.78 is 40.6. The molecule has 0 spiro atoms. The number of halogens is 2. The molecule has 0 aliphatic carbocycles. The Hall–Kier alpha value is -2.40. The van der Waals surface area contributed by atoms with Crippen molar-refractivity contribution in [3.63, 3.8) is 0 Å². The standard InChI is InChI=1S/C19H16ClFN4O3S2/c20-12-3-1-4-15(11-12)30(27,28)25-10-2-5-16(25)18-23-24-19(29-18)17(26)22-14-8-6-13(21)7-9-14/h1,3-4,6-9,11,16H,2,5,10H2,(H,22,26)/t16-/m1/s1.